The van der Waals surface area contributed by atoms with E-state index >= 15 is 0 Å². The maximum Gasteiger partial charge on any atom is 0.359 e. The van der Waals surface area contributed by atoms with E-state index in [-0.39, 0.29) is 32.5 Å². The molecule has 12 heteroatoms. The van der Waals surface area contributed by atoms with Crippen molar-refractivity contribution in [3.05, 3.63) is 63.7 Å². The summed E-state index contributed by atoms with van der Waals surface area (Å²) >= 11 is 9.71. The Kier molecular flexibility index (Phi) is 5.89. The number of nitrogens with zero attached hydrogens (tertiary/aromatic N) is 4. The van der Waals surface area contributed by atoms with E-state index in [1.165, 1.54) is 23.9 Å². The molecule has 9 nitrogen and oxygen atoms in total. The van der Waals surface area contributed by atoms with Gasteiger partial charge < -0.3 is 9.15 Å². The Hall–Kier alpha value is -3.02. The minimum atomic E-state index is -3.42. The van der Waals surface area contributed by atoms with Gasteiger partial charge in [-0.15, -0.1) is 10.2 Å². The summed E-state index contributed by atoms with van der Waals surface area (Å²) < 4.78 is 36.0. The molecule has 4 rings (SSSR count). The number of rotatable bonds is 5. The minimum Gasteiger partial charge on any atom is -0.464 e. The Morgan fingerprint density at radius 2 is 1.84 bits per heavy atom. The first kappa shape index (κ1) is 22.2. The summed E-state index contributed by atoms with van der Waals surface area (Å²) in [7, 11) is -2.18. The Morgan fingerprint density at radius 1 is 1.12 bits per heavy atom. The molecule has 0 fully saturated rings. The van der Waals surface area contributed by atoms with Crippen LogP contribution >= 0.6 is 27.5 Å². The van der Waals surface area contributed by atoms with E-state index in [1.807, 2.05) is 0 Å². The normalized spacial score (nSPS) is 11.5. The van der Waals surface area contributed by atoms with Crippen molar-refractivity contribution in [2.45, 2.75) is 4.90 Å². The van der Waals surface area contributed by atoms with Gasteiger partial charge in [-0.1, -0.05) is 29.8 Å². The number of halogens is 2. The molecule has 0 atom stereocenters. The fourth-order valence-corrected chi connectivity index (χ4v) is 4.37. The van der Waals surface area contributed by atoms with Crippen molar-refractivity contribution >= 4 is 43.3 Å². The number of hydrogen-bond donors (Lipinski definition) is 0. The van der Waals surface area contributed by atoms with Gasteiger partial charge in [0.1, 0.15) is 5.69 Å². The van der Waals surface area contributed by atoms with E-state index in [4.69, 9.17) is 20.8 Å². The van der Waals surface area contributed by atoms with Crippen molar-refractivity contribution in [1.82, 2.24) is 20.0 Å². The second-order valence-corrected chi connectivity index (χ2v) is 9.79. The second kappa shape index (κ2) is 8.49. The summed E-state index contributed by atoms with van der Waals surface area (Å²) in [6.45, 7) is 0. The molecule has 0 spiro atoms. The molecule has 0 N–H and O–H groups in total. The van der Waals surface area contributed by atoms with Gasteiger partial charge in [0.15, 0.2) is 15.5 Å². The molecule has 2 aromatic carbocycles. The number of carbonyl (C=O) groups is 1. The maximum atomic E-state index is 12.2. The third-order valence-electron chi connectivity index (χ3n) is 4.42. The van der Waals surface area contributed by atoms with Crippen molar-refractivity contribution in [3.8, 4) is 28.7 Å². The molecule has 32 heavy (non-hydrogen) atoms. The third kappa shape index (κ3) is 4.06. The number of methoxy groups -OCH3 is 1. The molecule has 0 saturated heterocycles. The van der Waals surface area contributed by atoms with Crippen molar-refractivity contribution in [2.24, 2.45) is 0 Å². The van der Waals surface area contributed by atoms with Crippen LogP contribution in [0.2, 0.25) is 5.02 Å². The highest BCUT2D eigenvalue weighted by molar-refractivity contribution is 9.10. The molecule has 0 aliphatic heterocycles. The van der Waals surface area contributed by atoms with Crippen LogP contribution in [0, 0.1) is 0 Å². The van der Waals surface area contributed by atoms with Crippen molar-refractivity contribution < 1.29 is 22.4 Å². The first-order chi connectivity index (χ1) is 15.2. The Labute approximate surface area is 196 Å². The number of sulfone groups is 1. The van der Waals surface area contributed by atoms with Crippen molar-refractivity contribution in [1.29, 1.82) is 0 Å². The lowest BCUT2D eigenvalue weighted by atomic mass is 10.2. The molecule has 0 radical (unpaired) electrons. The molecule has 164 valence electrons. The minimum absolute atomic E-state index is 0.0127. The lowest BCUT2D eigenvalue weighted by Gasteiger charge is -2.06. The number of para-hydroxylation sites is 1. The lowest BCUT2D eigenvalue weighted by molar-refractivity contribution is 0.0592. The van der Waals surface area contributed by atoms with E-state index in [0.717, 1.165) is 6.26 Å². The van der Waals surface area contributed by atoms with Gasteiger partial charge in [-0.3, -0.25) is 0 Å². The lowest BCUT2D eigenvalue weighted by Crippen LogP contribution is -2.05. The first-order valence-electron chi connectivity index (χ1n) is 8.97. The van der Waals surface area contributed by atoms with Crippen molar-refractivity contribution in [2.75, 3.05) is 13.4 Å². The summed E-state index contributed by atoms with van der Waals surface area (Å²) in [4.78, 5) is 12.3. The molecule has 0 aliphatic carbocycles. The molecule has 0 bridgehead atoms. The smallest absolute Gasteiger partial charge is 0.359 e. The molecule has 0 unspecified atom stereocenters. The average molecular weight is 538 g/mol. The number of aromatic nitrogens is 4. The van der Waals surface area contributed by atoms with Crippen LogP contribution in [0.4, 0.5) is 0 Å². The number of esters is 1. The maximum absolute atomic E-state index is 12.2. The van der Waals surface area contributed by atoms with Crippen molar-refractivity contribution in [3.63, 3.8) is 0 Å². The van der Waals surface area contributed by atoms with Gasteiger partial charge in [0.2, 0.25) is 5.89 Å². The number of carbonyl (C=O) groups excluding carboxylic acids is 1. The van der Waals surface area contributed by atoms with Gasteiger partial charge in [-0.2, -0.15) is 5.10 Å². The molecule has 0 saturated carbocycles. The van der Waals surface area contributed by atoms with Gasteiger partial charge >= 0.3 is 5.97 Å². The van der Waals surface area contributed by atoms with Crippen LogP contribution in [0.15, 0.2) is 62.3 Å². The van der Waals surface area contributed by atoms with E-state index in [1.54, 1.807) is 36.4 Å². The summed E-state index contributed by atoms with van der Waals surface area (Å²) in [6.07, 6.45) is 1.11. The Morgan fingerprint density at radius 3 is 2.53 bits per heavy atom. The molecular weight excluding hydrogens is 524 g/mol. The number of ether oxygens (including phenoxy) is 1. The highest BCUT2D eigenvalue weighted by atomic mass is 79.9. The van der Waals surface area contributed by atoms with Crippen LogP contribution < -0.4 is 0 Å². The van der Waals surface area contributed by atoms with Gasteiger partial charge in [-0.25, -0.2) is 17.9 Å². The molecule has 2 heterocycles. The van der Waals surface area contributed by atoms with Crippen LogP contribution in [0.1, 0.15) is 10.5 Å². The first-order valence-corrected chi connectivity index (χ1v) is 12.0. The van der Waals surface area contributed by atoms with E-state index < -0.39 is 15.8 Å². The monoisotopic (exact) mass is 536 g/mol. The predicted octanol–water partition coefficient (Wildman–Crippen LogP) is 4.20. The zero-order valence-electron chi connectivity index (χ0n) is 16.6. The van der Waals surface area contributed by atoms with Crippen LogP contribution in [0.5, 0.6) is 0 Å². The van der Waals surface area contributed by atoms with Gasteiger partial charge in [0.05, 0.1) is 27.2 Å². The standard InChI is InChI=1S/C20H14BrClN4O5S/c1-30-20(27)16-15(21)17(26(25-16)14-9-4-3-8-13(14)22)19-24-23-18(31-19)11-6-5-7-12(10-11)32(2,28)29/h3-10H,1-2H3. The fourth-order valence-electron chi connectivity index (χ4n) is 2.90. The topological polar surface area (TPSA) is 117 Å². The van der Waals surface area contributed by atoms with Crippen LogP contribution in [-0.4, -0.2) is 47.7 Å². The quantitative estimate of drug-likeness (QED) is 0.348. The van der Waals surface area contributed by atoms with Crippen LogP contribution in [-0.2, 0) is 14.6 Å². The number of hydrogen-bond acceptors (Lipinski definition) is 8. The molecule has 0 aliphatic rings. The largest absolute Gasteiger partial charge is 0.464 e. The highest BCUT2D eigenvalue weighted by Crippen LogP contribution is 2.36. The third-order valence-corrected chi connectivity index (χ3v) is 6.60. The summed E-state index contributed by atoms with van der Waals surface area (Å²) in [5.74, 6) is -0.562. The molecular formula is C20H14BrClN4O5S. The van der Waals surface area contributed by atoms with Gasteiger partial charge in [-0.05, 0) is 46.3 Å². The zero-order valence-corrected chi connectivity index (χ0v) is 19.8. The predicted molar refractivity (Wildman–Crippen MR) is 119 cm³/mol. The van der Waals surface area contributed by atoms with E-state index in [0.29, 0.717) is 16.3 Å². The molecule has 0 amide bonds. The highest BCUT2D eigenvalue weighted by Gasteiger charge is 2.28. The van der Waals surface area contributed by atoms with Crippen LogP contribution in [0.25, 0.3) is 28.7 Å². The average Bonchev–Trinajstić information content (AvgIpc) is 3.37. The van der Waals surface area contributed by atoms with Gasteiger partial charge in [0.25, 0.3) is 5.89 Å². The summed E-state index contributed by atoms with van der Waals surface area (Å²) in [5.41, 5.74) is 1.15. The zero-order chi connectivity index (χ0) is 23.0. The SMILES string of the molecule is COC(=O)c1nn(-c2ccccc2Cl)c(-c2nnc(-c3cccc(S(C)(=O)=O)c3)o2)c1Br. The van der Waals surface area contributed by atoms with Gasteiger partial charge in [0, 0.05) is 11.8 Å². The number of benzene rings is 2. The summed E-state index contributed by atoms with van der Waals surface area (Å²) in [6, 6.07) is 13.0. The molecule has 2 aromatic heterocycles. The Balaban J connectivity index is 1.88. The van der Waals surface area contributed by atoms with Crippen LogP contribution in [0.3, 0.4) is 0 Å². The van der Waals surface area contributed by atoms with E-state index in [2.05, 4.69) is 31.2 Å². The Bertz CT molecular complexity index is 1450. The van der Waals surface area contributed by atoms with E-state index in [9.17, 15) is 13.2 Å². The molecule has 4 aromatic rings. The second-order valence-electron chi connectivity index (χ2n) is 6.58. The summed E-state index contributed by atoms with van der Waals surface area (Å²) in [5, 5.41) is 12.8. The fraction of sp³-hybridized carbons (Fsp3) is 0.100.